The van der Waals surface area contributed by atoms with Crippen molar-refractivity contribution in [2.75, 3.05) is 65.8 Å². The molecule has 1 aliphatic heterocycles. The fraction of sp³-hybridized carbons (Fsp3) is 0.250. The van der Waals surface area contributed by atoms with E-state index < -0.39 is 0 Å². The first kappa shape index (κ1) is 33.7. The fourth-order valence-corrected chi connectivity index (χ4v) is 5.79. The molecule has 9 nitrogen and oxygen atoms in total. The van der Waals surface area contributed by atoms with Gasteiger partial charge in [0.15, 0.2) is 6.79 Å². The van der Waals surface area contributed by atoms with E-state index in [0.717, 1.165) is 38.8 Å². The van der Waals surface area contributed by atoms with Gasteiger partial charge in [-0.25, -0.2) is 0 Å². The van der Waals surface area contributed by atoms with E-state index in [2.05, 4.69) is 29.6 Å². The second-order valence-electron chi connectivity index (χ2n) is 11.9. The molecule has 9 heteroatoms. The van der Waals surface area contributed by atoms with E-state index in [9.17, 15) is 9.59 Å². The highest BCUT2D eigenvalue weighted by Gasteiger charge is 2.21. The van der Waals surface area contributed by atoms with Gasteiger partial charge in [-0.1, -0.05) is 54.6 Å². The summed E-state index contributed by atoms with van der Waals surface area (Å²) in [5.41, 5.74) is 6.06. The third-order valence-corrected chi connectivity index (χ3v) is 8.45. The molecule has 1 fully saturated rings. The van der Waals surface area contributed by atoms with Gasteiger partial charge >= 0.3 is 0 Å². The van der Waals surface area contributed by atoms with Crippen molar-refractivity contribution in [3.8, 4) is 16.9 Å². The summed E-state index contributed by atoms with van der Waals surface area (Å²) in [4.78, 5) is 30.2. The van der Waals surface area contributed by atoms with Crippen LogP contribution in [0.15, 0.2) is 109 Å². The summed E-state index contributed by atoms with van der Waals surface area (Å²) >= 11 is 0. The van der Waals surface area contributed by atoms with Crippen LogP contribution in [0.3, 0.4) is 0 Å². The molecule has 1 N–H and O–H groups in total. The van der Waals surface area contributed by atoms with Crippen LogP contribution in [-0.2, 0) is 20.8 Å². The maximum absolute atomic E-state index is 13.4. The minimum atomic E-state index is -0.0537. The van der Waals surface area contributed by atoms with Gasteiger partial charge in [0.25, 0.3) is 11.8 Å². The fourth-order valence-electron chi connectivity index (χ4n) is 5.79. The molecule has 0 aliphatic carbocycles. The van der Waals surface area contributed by atoms with Gasteiger partial charge in [-0.15, -0.1) is 0 Å². The van der Waals surface area contributed by atoms with Crippen LogP contribution in [-0.4, -0.2) is 82.1 Å². The van der Waals surface area contributed by atoms with Gasteiger partial charge in [0.05, 0.1) is 37.7 Å². The molecule has 0 aromatic heterocycles. The van der Waals surface area contributed by atoms with Crippen molar-refractivity contribution in [3.05, 3.63) is 126 Å². The lowest BCUT2D eigenvalue weighted by Gasteiger charge is -2.27. The summed E-state index contributed by atoms with van der Waals surface area (Å²) in [5.74, 6) is 0.652. The maximum atomic E-state index is 13.4. The van der Waals surface area contributed by atoms with Crippen LogP contribution in [0.5, 0.6) is 5.75 Å². The van der Waals surface area contributed by atoms with Gasteiger partial charge in [-0.2, -0.15) is 0 Å². The largest absolute Gasteiger partial charge is 0.468 e. The van der Waals surface area contributed by atoms with Gasteiger partial charge < -0.3 is 34.1 Å². The quantitative estimate of drug-likeness (QED) is 0.108. The number of carbonyl (C=O) groups excluding carboxylic acids is 2. The lowest BCUT2D eigenvalue weighted by molar-refractivity contribution is -0.00841. The third-order valence-electron chi connectivity index (χ3n) is 8.45. The normalized spacial score (nSPS) is 12.9. The Morgan fingerprint density at radius 1 is 0.816 bits per heavy atom. The number of nitrogens with zero attached hydrogens (tertiary/aromatic N) is 2. The Hall–Kier alpha value is -5.22. The van der Waals surface area contributed by atoms with Crippen LogP contribution in [0.25, 0.3) is 21.9 Å². The molecule has 252 valence electrons. The zero-order valence-electron chi connectivity index (χ0n) is 27.9. The lowest BCUT2D eigenvalue weighted by Crippen LogP contribution is -2.40. The van der Waals surface area contributed by atoms with E-state index in [0.29, 0.717) is 62.9 Å². The zero-order valence-corrected chi connectivity index (χ0v) is 27.9. The first-order valence-electron chi connectivity index (χ1n) is 16.4. The molecule has 5 aromatic rings. The molecule has 0 atom stereocenters. The minimum absolute atomic E-state index is 0.00381. The highest BCUT2D eigenvalue weighted by molar-refractivity contribution is 6.00. The Bertz CT molecular complexity index is 1890. The van der Waals surface area contributed by atoms with Crippen LogP contribution >= 0.6 is 0 Å². The summed E-state index contributed by atoms with van der Waals surface area (Å²) < 4.78 is 21.4. The molecule has 0 radical (unpaired) electrons. The van der Waals surface area contributed by atoms with Gasteiger partial charge in [-0.05, 0) is 82.1 Å². The molecule has 0 spiro atoms. The second kappa shape index (κ2) is 16.3. The number of carbonyl (C=O) groups is 2. The van der Waals surface area contributed by atoms with Gasteiger partial charge in [-0.3, -0.25) is 9.59 Å². The molecule has 5 aromatic carbocycles. The van der Waals surface area contributed by atoms with Gasteiger partial charge in [0.2, 0.25) is 0 Å². The summed E-state index contributed by atoms with van der Waals surface area (Å²) in [6, 6.07) is 35.4. The number of nitrogens with one attached hydrogen (secondary N) is 1. The standard InChI is InChI=1S/C40H41N3O6/c1-42(39(44)34-11-10-33-26-36(17-14-32(33)25-34)49-28-48-23-22-46-2)27-29-6-5-7-31(24-29)30-12-15-35(16-13-30)41-38-9-4-3-8-37(38)40(45)43-18-20-47-21-19-43/h3-17,24-26,41H,18-23,27-28H2,1-2H3. The highest BCUT2D eigenvalue weighted by Crippen LogP contribution is 2.27. The Labute approximate surface area is 287 Å². The van der Waals surface area contributed by atoms with E-state index in [1.165, 1.54) is 0 Å². The minimum Gasteiger partial charge on any atom is -0.468 e. The van der Waals surface area contributed by atoms with Crippen molar-refractivity contribution in [1.82, 2.24) is 9.80 Å². The van der Waals surface area contributed by atoms with Crippen molar-refractivity contribution in [3.63, 3.8) is 0 Å². The number of amides is 2. The average molecular weight is 660 g/mol. The number of benzene rings is 5. The second-order valence-corrected chi connectivity index (χ2v) is 11.9. The molecule has 1 saturated heterocycles. The molecule has 0 saturated carbocycles. The Morgan fingerprint density at radius 2 is 1.59 bits per heavy atom. The molecule has 1 heterocycles. The maximum Gasteiger partial charge on any atom is 0.256 e. The lowest BCUT2D eigenvalue weighted by atomic mass is 10.0. The molecule has 0 unspecified atom stereocenters. The number of fused-ring (bicyclic) bond motifs is 1. The average Bonchev–Trinajstić information content (AvgIpc) is 3.15. The topological polar surface area (TPSA) is 89.6 Å². The van der Waals surface area contributed by atoms with Gasteiger partial charge in [0.1, 0.15) is 5.75 Å². The highest BCUT2D eigenvalue weighted by atomic mass is 16.7. The van der Waals surface area contributed by atoms with E-state index in [1.807, 2.05) is 96.9 Å². The van der Waals surface area contributed by atoms with Crippen LogP contribution in [0.2, 0.25) is 0 Å². The van der Waals surface area contributed by atoms with E-state index >= 15 is 0 Å². The number of methoxy groups -OCH3 is 1. The zero-order chi connectivity index (χ0) is 34.0. The molecule has 1 aliphatic rings. The first-order chi connectivity index (χ1) is 24.0. The van der Waals surface area contributed by atoms with Crippen molar-refractivity contribution in [2.24, 2.45) is 0 Å². The van der Waals surface area contributed by atoms with Crippen molar-refractivity contribution >= 4 is 34.0 Å². The number of anilines is 2. The Morgan fingerprint density at radius 3 is 2.41 bits per heavy atom. The predicted octanol–water partition coefficient (Wildman–Crippen LogP) is 6.99. The number of ether oxygens (including phenoxy) is 4. The van der Waals surface area contributed by atoms with Crippen molar-refractivity contribution < 1.29 is 28.5 Å². The summed E-state index contributed by atoms with van der Waals surface area (Å²) in [5, 5.41) is 5.36. The van der Waals surface area contributed by atoms with E-state index in [4.69, 9.17) is 18.9 Å². The first-order valence-corrected chi connectivity index (χ1v) is 16.4. The van der Waals surface area contributed by atoms with Crippen LogP contribution < -0.4 is 10.1 Å². The molecular weight excluding hydrogens is 618 g/mol. The van der Waals surface area contributed by atoms with E-state index in [-0.39, 0.29) is 18.6 Å². The van der Waals surface area contributed by atoms with Crippen molar-refractivity contribution in [2.45, 2.75) is 6.54 Å². The molecule has 6 rings (SSSR count). The Balaban J connectivity index is 1.07. The van der Waals surface area contributed by atoms with Crippen LogP contribution in [0, 0.1) is 0 Å². The predicted molar refractivity (Wildman–Crippen MR) is 191 cm³/mol. The van der Waals surface area contributed by atoms with Crippen LogP contribution in [0.4, 0.5) is 11.4 Å². The monoisotopic (exact) mass is 659 g/mol. The van der Waals surface area contributed by atoms with E-state index in [1.54, 1.807) is 12.0 Å². The summed E-state index contributed by atoms with van der Waals surface area (Å²) in [6.07, 6.45) is 0. The summed E-state index contributed by atoms with van der Waals surface area (Å²) in [6.45, 7) is 3.91. The van der Waals surface area contributed by atoms with Crippen LogP contribution in [0.1, 0.15) is 26.3 Å². The number of hydrogen-bond donors (Lipinski definition) is 1. The number of rotatable bonds is 13. The summed E-state index contributed by atoms with van der Waals surface area (Å²) in [7, 11) is 3.45. The van der Waals surface area contributed by atoms with Crippen molar-refractivity contribution in [1.29, 1.82) is 0 Å². The molecule has 0 bridgehead atoms. The Kier molecular flexibility index (Phi) is 11.2. The number of hydrogen-bond acceptors (Lipinski definition) is 7. The number of para-hydroxylation sites is 1. The smallest absolute Gasteiger partial charge is 0.256 e. The van der Waals surface area contributed by atoms with Gasteiger partial charge in [0, 0.05) is 45.0 Å². The SMILES string of the molecule is COCCOCOc1ccc2cc(C(=O)N(C)Cc3cccc(-c4ccc(Nc5ccccc5C(=O)N5CCOCC5)cc4)c3)ccc2c1. The molecule has 2 amide bonds. The number of morpholine rings is 1. The molecular formula is C40H41N3O6. The molecule has 49 heavy (non-hydrogen) atoms. The third kappa shape index (κ3) is 8.63.